The Labute approximate surface area is 145 Å². The normalized spacial score (nSPS) is 15.8. The van der Waals surface area contributed by atoms with Crippen molar-refractivity contribution < 1.29 is 4.79 Å². The zero-order valence-corrected chi connectivity index (χ0v) is 15.0. The zero-order chi connectivity index (χ0) is 16.9. The third-order valence-corrected chi connectivity index (χ3v) is 5.21. The summed E-state index contributed by atoms with van der Waals surface area (Å²) in [5.41, 5.74) is 2.50. The Hall–Kier alpha value is -1.81. The van der Waals surface area contributed by atoms with E-state index < -0.39 is 0 Å². The quantitative estimate of drug-likeness (QED) is 0.816. The lowest BCUT2D eigenvalue weighted by Gasteiger charge is -2.28. The highest BCUT2D eigenvalue weighted by atomic mass is 16.2. The van der Waals surface area contributed by atoms with Crippen LogP contribution in [0.25, 0.3) is 10.9 Å². The minimum Gasteiger partial charge on any atom is -0.350 e. The summed E-state index contributed by atoms with van der Waals surface area (Å²) in [6.07, 6.45) is 7.53. The Kier molecular flexibility index (Phi) is 5.56. The second kappa shape index (κ2) is 7.84. The van der Waals surface area contributed by atoms with E-state index in [2.05, 4.69) is 47.0 Å². The number of benzene rings is 1. The summed E-state index contributed by atoms with van der Waals surface area (Å²) in [6, 6.07) is 8.41. The number of carbonyl (C=O) groups is 1. The molecule has 1 aromatic carbocycles. The first-order chi connectivity index (χ1) is 11.6. The SMILES string of the molecule is CN(CCN1CCCCC1)C(=O)CCc1cn(C)c2ccccc12. The van der Waals surface area contributed by atoms with Gasteiger partial charge in [-0.25, -0.2) is 0 Å². The lowest BCUT2D eigenvalue weighted by Crippen LogP contribution is -2.38. The molecule has 130 valence electrons. The van der Waals surface area contributed by atoms with E-state index in [1.165, 1.54) is 48.8 Å². The molecule has 1 aliphatic rings. The number of aromatic nitrogens is 1. The molecule has 1 saturated heterocycles. The number of nitrogens with zero attached hydrogens (tertiary/aromatic N) is 3. The first-order valence-corrected chi connectivity index (χ1v) is 9.14. The summed E-state index contributed by atoms with van der Waals surface area (Å²) in [5, 5.41) is 1.27. The Morgan fingerprint density at radius 1 is 1.17 bits per heavy atom. The minimum atomic E-state index is 0.250. The van der Waals surface area contributed by atoms with Gasteiger partial charge in [-0.3, -0.25) is 4.79 Å². The van der Waals surface area contributed by atoms with Gasteiger partial charge in [-0.05, 0) is 44.0 Å². The molecule has 0 N–H and O–H groups in total. The van der Waals surface area contributed by atoms with Crippen LogP contribution in [0.2, 0.25) is 0 Å². The molecule has 2 heterocycles. The van der Waals surface area contributed by atoms with Crippen LogP contribution < -0.4 is 0 Å². The second-order valence-corrected chi connectivity index (χ2v) is 7.00. The number of aryl methyl sites for hydroxylation is 2. The molecule has 3 rings (SSSR count). The number of likely N-dealkylation sites (N-methyl/N-ethyl adjacent to an activating group) is 1. The Bertz CT molecular complexity index is 685. The van der Waals surface area contributed by atoms with Crippen LogP contribution in [-0.2, 0) is 18.3 Å². The van der Waals surface area contributed by atoms with Crippen molar-refractivity contribution in [2.24, 2.45) is 7.05 Å². The van der Waals surface area contributed by atoms with E-state index in [0.29, 0.717) is 6.42 Å². The van der Waals surface area contributed by atoms with E-state index in [4.69, 9.17) is 0 Å². The summed E-state index contributed by atoms with van der Waals surface area (Å²) in [7, 11) is 4.01. The largest absolute Gasteiger partial charge is 0.350 e. The van der Waals surface area contributed by atoms with Crippen molar-refractivity contribution in [1.29, 1.82) is 0 Å². The number of para-hydroxylation sites is 1. The first-order valence-electron chi connectivity index (χ1n) is 9.14. The van der Waals surface area contributed by atoms with Crippen LogP contribution in [0.4, 0.5) is 0 Å². The smallest absolute Gasteiger partial charge is 0.222 e. The van der Waals surface area contributed by atoms with Gasteiger partial charge < -0.3 is 14.4 Å². The molecule has 4 nitrogen and oxygen atoms in total. The molecule has 24 heavy (non-hydrogen) atoms. The van der Waals surface area contributed by atoms with Crippen LogP contribution in [0.15, 0.2) is 30.5 Å². The molecule has 0 saturated carbocycles. The number of likely N-dealkylation sites (tertiary alicyclic amines) is 1. The van der Waals surface area contributed by atoms with Gasteiger partial charge >= 0.3 is 0 Å². The van der Waals surface area contributed by atoms with Crippen LogP contribution in [0.5, 0.6) is 0 Å². The topological polar surface area (TPSA) is 28.5 Å². The molecule has 1 fully saturated rings. The number of rotatable bonds is 6. The van der Waals surface area contributed by atoms with E-state index in [1.54, 1.807) is 0 Å². The van der Waals surface area contributed by atoms with Crippen LogP contribution in [0.3, 0.4) is 0 Å². The van der Waals surface area contributed by atoms with E-state index in [0.717, 1.165) is 19.5 Å². The monoisotopic (exact) mass is 327 g/mol. The maximum atomic E-state index is 12.4. The highest BCUT2D eigenvalue weighted by Gasteiger charge is 2.14. The van der Waals surface area contributed by atoms with Gasteiger partial charge in [-0.15, -0.1) is 0 Å². The average molecular weight is 327 g/mol. The Balaban J connectivity index is 1.50. The highest BCUT2D eigenvalue weighted by Crippen LogP contribution is 2.21. The molecule has 1 aromatic heterocycles. The van der Waals surface area contributed by atoms with Gasteiger partial charge in [0.25, 0.3) is 0 Å². The fourth-order valence-corrected chi connectivity index (χ4v) is 3.66. The van der Waals surface area contributed by atoms with E-state index in [1.807, 2.05) is 11.9 Å². The molecule has 1 amide bonds. The summed E-state index contributed by atoms with van der Waals surface area (Å²) < 4.78 is 2.15. The molecule has 0 spiro atoms. The molecule has 0 radical (unpaired) electrons. The van der Waals surface area contributed by atoms with Gasteiger partial charge in [0, 0.05) is 50.7 Å². The molecule has 0 atom stereocenters. The standard InChI is InChI=1S/C20H29N3O/c1-21(14-15-23-12-6-3-7-13-23)20(24)11-10-17-16-22(2)19-9-5-4-8-18(17)19/h4-5,8-9,16H,3,6-7,10-15H2,1-2H3. The van der Waals surface area contributed by atoms with Crippen molar-refractivity contribution in [2.45, 2.75) is 32.1 Å². The number of hydrogen-bond donors (Lipinski definition) is 0. The van der Waals surface area contributed by atoms with Crippen molar-refractivity contribution in [3.05, 3.63) is 36.0 Å². The van der Waals surface area contributed by atoms with E-state index >= 15 is 0 Å². The van der Waals surface area contributed by atoms with E-state index in [9.17, 15) is 4.79 Å². The summed E-state index contributed by atoms with van der Waals surface area (Å²) in [4.78, 5) is 16.8. The van der Waals surface area contributed by atoms with Crippen molar-refractivity contribution in [3.63, 3.8) is 0 Å². The van der Waals surface area contributed by atoms with Gasteiger partial charge in [-0.1, -0.05) is 24.6 Å². The van der Waals surface area contributed by atoms with Crippen molar-refractivity contribution in [3.8, 4) is 0 Å². The fraction of sp³-hybridized carbons (Fsp3) is 0.550. The van der Waals surface area contributed by atoms with Crippen LogP contribution in [-0.4, -0.2) is 53.5 Å². The Morgan fingerprint density at radius 3 is 2.71 bits per heavy atom. The minimum absolute atomic E-state index is 0.250. The average Bonchev–Trinajstić information content (AvgIpc) is 2.95. The number of piperidine rings is 1. The maximum absolute atomic E-state index is 12.4. The number of fused-ring (bicyclic) bond motifs is 1. The molecule has 0 bridgehead atoms. The predicted octanol–water partition coefficient (Wildman–Crippen LogP) is 3.06. The fourth-order valence-electron chi connectivity index (χ4n) is 3.66. The van der Waals surface area contributed by atoms with Gasteiger partial charge in [0.05, 0.1) is 0 Å². The van der Waals surface area contributed by atoms with Gasteiger partial charge in [-0.2, -0.15) is 0 Å². The predicted molar refractivity (Wildman–Crippen MR) is 99.2 cm³/mol. The third kappa shape index (κ3) is 3.99. The van der Waals surface area contributed by atoms with Crippen LogP contribution >= 0.6 is 0 Å². The molecule has 4 heteroatoms. The molecule has 1 aliphatic heterocycles. The molecular weight excluding hydrogens is 298 g/mol. The molecule has 2 aromatic rings. The zero-order valence-electron chi connectivity index (χ0n) is 15.0. The molecular formula is C20H29N3O. The summed E-state index contributed by atoms with van der Waals surface area (Å²) in [5.74, 6) is 0.250. The van der Waals surface area contributed by atoms with Gasteiger partial charge in [0.1, 0.15) is 0 Å². The van der Waals surface area contributed by atoms with Gasteiger partial charge in [0.15, 0.2) is 0 Å². The summed E-state index contributed by atoms with van der Waals surface area (Å²) >= 11 is 0. The molecule has 0 unspecified atom stereocenters. The van der Waals surface area contributed by atoms with E-state index in [-0.39, 0.29) is 5.91 Å². The first kappa shape index (κ1) is 17.0. The van der Waals surface area contributed by atoms with Crippen LogP contribution in [0, 0.1) is 0 Å². The Morgan fingerprint density at radius 2 is 1.92 bits per heavy atom. The van der Waals surface area contributed by atoms with Gasteiger partial charge in [0.2, 0.25) is 5.91 Å². The number of hydrogen-bond acceptors (Lipinski definition) is 2. The van der Waals surface area contributed by atoms with Crippen molar-refractivity contribution in [1.82, 2.24) is 14.4 Å². The molecule has 0 aliphatic carbocycles. The van der Waals surface area contributed by atoms with Crippen molar-refractivity contribution in [2.75, 3.05) is 33.2 Å². The van der Waals surface area contributed by atoms with Crippen LogP contribution in [0.1, 0.15) is 31.2 Å². The lowest BCUT2D eigenvalue weighted by atomic mass is 10.1. The third-order valence-electron chi connectivity index (χ3n) is 5.21. The number of amides is 1. The maximum Gasteiger partial charge on any atom is 0.222 e. The lowest BCUT2D eigenvalue weighted by molar-refractivity contribution is -0.130. The number of carbonyl (C=O) groups excluding carboxylic acids is 1. The van der Waals surface area contributed by atoms with Crippen molar-refractivity contribution >= 4 is 16.8 Å². The highest BCUT2D eigenvalue weighted by molar-refractivity contribution is 5.84. The second-order valence-electron chi connectivity index (χ2n) is 7.00. The summed E-state index contributed by atoms with van der Waals surface area (Å²) in [6.45, 7) is 4.24.